The van der Waals surface area contributed by atoms with E-state index in [1.54, 1.807) is 0 Å². The molecule has 0 radical (unpaired) electrons. The van der Waals surface area contributed by atoms with Crippen LogP contribution in [-0.2, 0) is 9.59 Å². The van der Waals surface area contributed by atoms with Crippen molar-refractivity contribution in [1.29, 1.82) is 0 Å². The molecule has 6 heteroatoms. The Morgan fingerprint density at radius 1 is 1.16 bits per heavy atom. The largest absolute Gasteiger partial charge is 0.353 e. The summed E-state index contributed by atoms with van der Waals surface area (Å²) in [6.07, 6.45) is 5.27. The highest BCUT2D eigenvalue weighted by Crippen LogP contribution is 2.32. The van der Waals surface area contributed by atoms with Crippen molar-refractivity contribution in [2.45, 2.75) is 38.6 Å². The number of anilines is 1. The maximum absolute atomic E-state index is 12.9. The maximum Gasteiger partial charge on any atom is 0.227 e. The Morgan fingerprint density at radius 2 is 1.92 bits per heavy atom. The normalized spacial score (nSPS) is 24.6. The zero-order chi connectivity index (χ0) is 17.4. The summed E-state index contributed by atoms with van der Waals surface area (Å²) >= 11 is 0. The number of aryl methyl sites for hydroxylation is 1. The van der Waals surface area contributed by atoms with E-state index < -0.39 is 0 Å². The van der Waals surface area contributed by atoms with Crippen LogP contribution in [-0.4, -0.2) is 65.4 Å². The maximum atomic E-state index is 12.9. The minimum absolute atomic E-state index is 0.0126. The van der Waals surface area contributed by atoms with Gasteiger partial charge in [-0.3, -0.25) is 9.59 Å². The molecule has 1 atom stereocenters. The number of carbonyl (C=O) groups excluding carboxylic acids is 2. The number of aromatic nitrogens is 1. The Morgan fingerprint density at radius 3 is 2.60 bits per heavy atom. The van der Waals surface area contributed by atoms with Gasteiger partial charge in [0.1, 0.15) is 5.82 Å². The second-order valence-electron chi connectivity index (χ2n) is 7.47. The molecule has 3 aliphatic rings. The lowest BCUT2D eigenvalue weighted by molar-refractivity contribution is -0.143. The zero-order valence-electron chi connectivity index (χ0n) is 14.9. The molecule has 1 aliphatic carbocycles. The van der Waals surface area contributed by atoms with Crippen molar-refractivity contribution in [3.8, 4) is 0 Å². The molecule has 0 spiro atoms. The number of pyridine rings is 1. The highest BCUT2D eigenvalue weighted by molar-refractivity contribution is 5.84. The monoisotopic (exact) mass is 342 g/mol. The van der Waals surface area contributed by atoms with Gasteiger partial charge in [-0.25, -0.2) is 4.98 Å². The minimum Gasteiger partial charge on any atom is -0.353 e. The first-order valence-electron chi connectivity index (χ1n) is 9.38. The van der Waals surface area contributed by atoms with Gasteiger partial charge in [0.05, 0.1) is 5.92 Å². The molecule has 1 unspecified atom stereocenters. The van der Waals surface area contributed by atoms with E-state index in [0.29, 0.717) is 25.4 Å². The van der Waals surface area contributed by atoms with Crippen LogP contribution in [0.15, 0.2) is 18.3 Å². The Labute approximate surface area is 148 Å². The third-order valence-electron chi connectivity index (χ3n) is 5.65. The van der Waals surface area contributed by atoms with Crippen molar-refractivity contribution < 1.29 is 9.59 Å². The molecule has 25 heavy (non-hydrogen) atoms. The third-order valence-corrected chi connectivity index (χ3v) is 5.65. The van der Waals surface area contributed by atoms with Crippen LogP contribution in [0.1, 0.15) is 31.2 Å². The third kappa shape index (κ3) is 3.34. The van der Waals surface area contributed by atoms with Gasteiger partial charge in [0, 0.05) is 51.4 Å². The summed E-state index contributed by atoms with van der Waals surface area (Å²) in [5.74, 6) is 1.48. The Balaban J connectivity index is 1.35. The quantitative estimate of drug-likeness (QED) is 0.834. The van der Waals surface area contributed by atoms with Gasteiger partial charge in [0.25, 0.3) is 0 Å². The molecule has 134 valence electrons. The number of amides is 2. The number of carbonyl (C=O) groups is 2. The molecule has 2 saturated heterocycles. The average Bonchev–Trinajstić information content (AvgIpc) is 3.47. The van der Waals surface area contributed by atoms with Crippen LogP contribution in [0.4, 0.5) is 5.82 Å². The summed E-state index contributed by atoms with van der Waals surface area (Å²) in [5, 5.41) is 0. The van der Waals surface area contributed by atoms with E-state index in [4.69, 9.17) is 0 Å². The number of piperazine rings is 1. The fourth-order valence-electron chi connectivity index (χ4n) is 4.02. The SMILES string of the molecule is Cc1cccnc1N1CCN(C(=O)C2CCC(=O)N(C3CC3)C2)CC1. The van der Waals surface area contributed by atoms with Crippen molar-refractivity contribution in [1.82, 2.24) is 14.8 Å². The molecule has 0 aromatic carbocycles. The predicted octanol–water partition coefficient (Wildman–Crippen LogP) is 1.44. The molecule has 1 aromatic rings. The zero-order valence-corrected chi connectivity index (χ0v) is 14.9. The highest BCUT2D eigenvalue weighted by atomic mass is 16.2. The first-order chi connectivity index (χ1) is 12.1. The smallest absolute Gasteiger partial charge is 0.227 e. The molecule has 1 saturated carbocycles. The van der Waals surface area contributed by atoms with Crippen LogP contribution in [0, 0.1) is 12.8 Å². The molecule has 4 rings (SSSR count). The second kappa shape index (κ2) is 6.65. The van der Waals surface area contributed by atoms with Gasteiger partial charge in [0.2, 0.25) is 11.8 Å². The van der Waals surface area contributed by atoms with Gasteiger partial charge in [-0.15, -0.1) is 0 Å². The number of piperidine rings is 1. The van der Waals surface area contributed by atoms with Crippen LogP contribution in [0.25, 0.3) is 0 Å². The molecular formula is C19H26N4O2. The molecule has 2 amide bonds. The summed E-state index contributed by atoms with van der Waals surface area (Å²) in [7, 11) is 0. The number of nitrogens with zero attached hydrogens (tertiary/aromatic N) is 4. The first kappa shape index (κ1) is 16.4. The summed E-state index contributed by atoms with van der Waals surface area (Å²) in [4.78, 5) is 35.6. The molecular weight excluding hydrogens is 316 g/mol. The van der Waals surface area contributed by atoms with E-state index >= 15 is 0 Å². The summed E-state index contributed by atoms with van der Waals surface area (Å²) in [6.45, 7) is 5.82. The van der Waals surface area contributed by atoms with E-state index in [1.807, 2.05) is 22.1 Å². The lowest BCUT2D eigenvalue weighted by Gasteiger charge is -2.39. The van der Waals surface area contributed by atoms with Crippen LogP contribution in [0.3, 0.4) is 0 Å². The number of rotatable bonds is 3. The van der Waals surface area contributed by atoms with E-state index in [-0.39, 0.29) is 17.7 Å². The van der Waals surface area contributed by atoms with Crippen LogP contribution in [0.5, 0.6) is 0 Å². The summed E-state index contributed by atoms with van der Waals surface area (Å²) < 4.78 is 0. The summed E-state index contributed by atoms with van der Waals surface area (Å²) in [5.41, 5.74) is 1.17. The van der Waals surface area contributed by atoms with Gasteiger partial charge < -0.3 is 14.7 Å². The van der Waals surface area contributed by atoms with Gasteiger partial charge in [-0.2, -0.15) is 0 Å². The van der Waals surface area contributed by atoms with Gasteiger partial charge in [0.15, 0.2) is 0 Å². The van der Waals surface area contributed by atoms with Crippen LogP contribution >= 0.6 is 0 Å². The molecule has 2 aliphatic heterocycles. The number of hydrogen-bond donors (Lipinski definition) is 0. The van der Waals surface area contributed by atoms with Crippen molar-refractivity contribution in [2.75, 3.05) is 37.6 Å². The Bertz CT molecular complexity index is 665. The lowest BCUT2D eigenvalue weighted by Crippen LogP contribution is -2.53. The van der Waals surface area contributed by atoms with Crippen LogP contribution in [0.2, 0.25) is 0 Å². The van der Waals surface area contributed by atoms with Crippen molar-refractivity contribution in [2.24, 2.45) is 5.92 Å². The van der Waals surface area contributed by atoms with Gasteiger partial charge in [-0.1, -0.05) is 6.07 Å². The fourth-order valence-corrected chi connectivity index (χ4v) is 4.02. The highest BCUT2D eigenvalue weighted by Gasteiger charge is 2.40. The minimum atomic E-state index is -0.0126. The number of hydrogen-bond acceptors (Lipinski definition) is 4. The van der Waals surface area contributed by atoms with Crippen LogP contribution < -0.4 is 4.90 Å². The van der Waals surface area contributed by atoms with Crippen molar-refractivity contribution in [3.63, 3.8) is 0 Å². The Hall–Kier alpha value is -2.11. The first-order valence-corrected chi connectivity index (χ1v) is 9.38. The molecule has 1 aromatic heterocycles. The van der Waals surface area contributed by atoms with E-state index in [2.05, 4.69) is 22.9 Å². The molecule has 3 fully saturated rings. The summed E-state index contributed by atoms with van der Waals surface area (Å²) in [6, 6.07) is 4.44. The van der Waals surface area contributed by atoms with Gasteiger partial charge >= 0.3 is 0 Å². The second-order valence-corrected chi connectivity index (χ2v) is 7.47. The van der Waals surface area contributed by atoms with E-state index in [0.717, 1.165) is 44.8 Å². The molecule has 0 N–H and O–H groups in total. The lowest BCUT2D eigenvalue weighted by atomic mass is 9.95. The fraction of sp³-hybridized carbons (Fsp3) is 0.632. The molecule has 6 nitrogen and oxygen atoms in total. The predicted molar refractivity (Wildman–Crippen MR) is 95.2 cm³/mol. The van der Waals surface area contributed by atoms with Crippen molar-refractivity contribution in [3.05, 3.63) is 23.9 Å². The molecule has 0 bridgehead atoms. The Kier molecular flexibility index (Phi) is 4.36. The topological polar surface area (TPSA) is 56.8 Å². The number of likely N-dealkylation sites (tertiary alicyclic amines) is 1. The van der Waals surface area contributed by atoms with E-state index in [9.17, 15) is 9.59 Å². The average molecular weight is 342 g/mol. The molecule has 3 heterocycles. The van der Waals surface area contributed by atoms with Gasteiger partial charge in [-0.05, 0) is 37.8 Å². The standard InChI is InChI=1S/C19H26N4O2/c1-14-3-2-8-20-18(14)21-9-11-22(12-10-21)19(25)15-4-7-17(24)23(13-15)16-5-6-16/h2-3,8,15-16H,4-7,9-13H2,1H3. The van der Waals surface area contributed by atoms with Crippen molar-refractivity contribution >= 4 is 17.6 Å². The van der Waals surface area contributed by atoms with E-state index in [1.165, 1.54) is 5.56 Å².